The number of pyridine rings is 1. The third-order valence-electron chi connectivity index (χ3n) is 8.09. The Balaban J connectivity index is 1.45. The number of amides is 1. The molecule has 0 aliphatic carbocycles. The second-order valence-corrected chi connectivity index (χ2v) is 10.5. The summed E-state index contributed by atoms with van der Waals surface area (Å²) in [5, 5.41) is 30.8. The highest BCUT2D eigenvalue weighted by atomic mass is 16.5. The Morgan fingerprint density at radius 2 is 1.95 bits per heavy atom. The zero-order chi connectivity index (χ0) is 28.2. The number of aromatic nitrogens is 2. The van der Waals surface area contributed by atoms with E-state index in [2.05, 4.69) is 11.9 Å². The molecule has 3 atom stereocenters. The Morgan fingerprint density at radius 3 is 2.65 bits per heavy atom. The molecule has 3 N–H and O–H groups in total. The molecule has 4 heterocycles. The van der Waals surface area contributed by atoms with E-state index in [1.54, 1.807) is 23.4 Å². The number of aromatic hydroxyl groups is 2. The lowest BCUT2D eigenvalue weighted by Crippen LogP contribution is -2.45. The maximum Gasteiger partial charge on any atom is 0.308 e. The summed E-state index contributed by atoms with van der Waals surface area (Å²) in [4.78, 5) is 34.4. The predicted octanol–water partition coefficient (Wildman–Crippen LogP) is 3.62. The van der Waals surface area contributed by atoms with Crippen molar-refractivity contribution in [3.8, 4) is 17.5 Å². The average Bonchev–Trinajstić information content (AvgIpc) is 3.65. The fourth-order valence-electron chi connectivity index (χ4n) is 6.05. The van der Waals surface area contributed by atoms with Crippen molar-refractivity contribution in [1.82, 2.24) is 14.5 Å². The van der Waals surface area contributed by atoms with E-state index in [1.807, 2.05) is 29.2 Å². The molecule has 5 rings (SSSR count). The Hall–Kier alpha value is -4.05. The van der Waals surface area contributed by atoms with Crippen LogP contribution in [0.15, 0.2) is 54.9 Å². The zero-order valence-corrected chi connectivity index (χ0v) is 22.6. The number of nitrogens with zero attached hydrogens (tertiary/aromatic N) is 4. The van der Waals surface area contributed by atoms with Crippen LogP contribution in [0, 0.1) is 5.92 Å². The number of unbranched alkanes of at least 4 members (excludes halogenated alkanes) is 1. The van der Waals surface area contributed by atoms with Gasteiger partial charge in [0.1, 0.15) is 5.75 Å². The summed E-state index contributed by atoms with van der Waals surface area (Å²) >= 11 is 0. The van der Waals surface area contributed by atoms with Gasteiger partial charge in [-0.3, -0.25) is 24.0 Å². The van der Waals surface area contributed by atoms with Crippen molar-refractivity contribution >= 4 is 17.6 Å². The molecule has 0 unspecified atom stereocenters. The number of aliphatic carboxylic acids is 1. The first kappa shape index (κ1) is 27.5. The number of carboxylic acid groups (broad SMARTS) is 1. The van der Waals surface area contributed by atoms with Gasteiger partial charge in [0.2, 0.25) is 5.91 Å². The van der Waals surface area contributed by atoms with Gasteiger partial charge in [-0.05, 0) is 42.2 Å². The molecule has 10 heteroatoms. The van der Waals surface area contributed by atoms with Gasteiger partial charge >= 0.3 is 5.97 Å². The summed E-state index contributed by atoms with van der Waals surface area (Å²) in [5.74, 6) is -1.53. The molecule has 10 nitrogen and oxygen atoms in total. The molecule has 2 aromatic heterocycles. The Labute approximate surface area is 233 Å². The average molecular weight is 549 g/mol. The number of hydrogen-bond acceptors (Lipinski definition) is 7. The van der Waals surface area contributed by atoms with Crippen molar-refractivity contribution in [2.45, 2.75) is 51.1 Å². The van der Waals surface area contributed by atoms with Crippen molar-refractivity contribution in [2.75, 3.05) is 31.1 Å². The summed E-state index contributed by atoms with van der Waals surface area (Å²) in [7, 11) is 0. The van der Waals surface area contributed by atoms with E-state index in [0.717, 1.165) is 36.1 Å². The Bertz CT molecular complexity index is 1320. The van der Waals surface area contributed by atoms with E-state index in [0.29, 0.717) is 31.8 Å². The van der Waals surface area contributed by atoms with Crippen molar-refractivity contribution in [3.63, 3.8) is 0 Å². The largest absolute Gasteiger partial charge is 0.494 e. The van der Waals surface area contributed by atoms with Gasteiger partial charge in [0, 0.05) is 56.3 Å². The van der Waals surface area contributed by atoms with Crippen LogP contribution in [0.1, 0.15) is 43.2 Å². The number of benzene rings is 1. The van der Waals surface area contributed by atoms with E-state index >= 15 is 0 Å². The summed E-state index contributed by atoms with van der Waals surface area (Å²) in [6.45, 7) is 3.86. The number of carbonyl (C=O) groups is 2. The van der Waals surface area contributed by atoms with Crippen LogP contribution in [0.4, 0.5) is 5.69 Å². The second-order valence-electron chi connectivity index (χ2n) is 10.5. The highest BCUT2D eigenvalue weighted by Crippen LogP contribution is 2.41. The third kappa shape index (κ3) is 5.62. The molecule has 3 aromatic rings. The lowest BCUT2D eigenvalue weighted by atomic mass is 9.83. The molecule has 0 saturated carbocycles. The van der Waals surface area contributed by atoms with Gasteiger partial charge in [0.25, 0.3) is 0 Å². The lowest BCUT2D eigenvalue weighted by molar-refractivity contribution is -0.143. The Morgan fingerprint density at radius 1 is 1.15 bits per heavy atom. The standard InChI is InChI=1S/C30H36N4O6/c1-2-3-13-33(22-5-4-12-31-17-22)28(37)19-32-18-23(20-6-7-25-21(16-20)11-15-40-25)29(30(38)39)24(32)10-14-34-26(35)8-9-27(34)36/h4-9,12,16-17,23-24,29,35-36H,2-3,10-11,13-15,18-19H2,1H3,(H,38,39)/t23-,24+,29-/m1/s1. The molecule has 40 heavy (non-hydrogen) atoms. The van der Waals surface area contributed by atoms with E-state index < -0.39 is 17.9 Å². The smallest absolute Gasteiger partial charge is 0.308 e. The molecule has 1 saturated heterocycles. The SMILES string of the molecule is CCCCN(C(=O)CN1C[C@H](c2ccc3c(c2)CCO3)[C@@H](C(=O)O)[C@@H]1CCn1c(O)ccc1O)c1cccnc1. The molecule has 0 bridgehead atoms. The molecule has 1 aromatic carbocycles. The van der Waals surface area contributed by atoms with Crippen LogP contribution >= 0.6 is 0 Å². The number of ether oxygens (including phenoxy) is 1. The quantitative estimate of drug-likeness (QED) is 0.332. The fourth-order valence-corrected chi connectivity index (χ4v) is 6.05. The normalized spacial score (nSPS) is 20.3. The molecule has 2 aliphatic heterocycles. The summed E-state index contributed by atoms with van der Waals surface area (Å²) < 4.78 is 7.01. The summed E-state index contributed by atoms with van der Waals surface area (Å²) in [6.07, 6.45) is 6.19. The van der Waals surface area contributed by atoms with Gasteiger partial charge in [-0.1, -0.05) is 25.5 Å². The van der Waals surface area contributed by atoms with E-state index in [-0.39, 0.29) is 36.7 Å². The summed E-state index contributed by atoms with van der Waals surface area (Å²) in [6, 6.07) is 11.8. The molecule has 1 amide bonds. The monoisotopic (exact) mass is 548 g/mol. The minimum Gasteiger partial charge on any atom is -0.494 e. The van der Waals surface area contributed by atoms with Crippen molar-refractivity contribution in [3.05, 3.63) is 66.0 Å². The first-order valence-electron chi connectivity index (χ1n) is 13.9. The fraction of sp³-hybridized carbons (Fsp3) is 0.433. The predicted molar refractivity (Wildman–Crippen MR) is 149 cm³/mol. The van der Waals surface area contributed by atoms with Gasteiger partial charge in [0.05, 0.1) is 31.0 Å². The first-order chi connectivity index (χ1) is 19.4. The molecule has 1 fully saturated rings. The maximum absolute atomic E-state index is 13.8. The minimum absolute atomic E-state index is 0.0429. The number of fused-ring (bicyclic) bond motifs is 1. The number of carbonyl (C=O) groups excluding carboxylic acids is 1. The van der Waals surface area contributed by atoms with Gasteiger partial charge in [0.15, 0.2) is 11.8 Å². The van der Waals surface area contributed by atoms with Crippen LogP contribution in [0.2, 0.25) is 0 Å². The van der Waals surface area contributed by atoms with Crippen LogP contribution in [0.5, 0.6) is 17.5 Å². The van der Waals surface area contributed by atoms with E-state index in [1.165, 1.54) is 16.7 Å². The minimum atomic E-state index is -0.933. The van der Waals surface area contributed by atoms with Crippen LogP contribution in [0.3, 0.4) is 0 Å². The molecule has 2 aliphatic rings. The van der Waals surface area contributed by atoms with Crippen molar-refractivity contribution in [1.29, 1.82) is 0 Å². The first-order valence-corrected chi connectivity index (χ1v) is 13.9. The summed E-state index contributed by atoms with van der Waals surface area (Å²) in [5.41, 5.74) is 2.69. The number of anilines is 1. The second kappa shape index (κ2) is 12.0. The maximum atomic E-state index is 13.8. The number of carboxylic acids is 1. The molecular weight excluding hydrogens is 512 g/mol. The molecular formula is C30H36N4O6. The zero-order valence-electron chi connectivity index (χ0n) is 22.6. The van der Waals surface area contributed by atoms with Crippen LogP contribution < -0.4 is 9.64 Å². The van der Waals surface area contributed by atoms with E-state index in [9.17, 15) is 24.9 Å². The Kier molecular flexibility index (Phi) is 8.25. The van der Waals surface area contributed by atoms with Crippen molar-refractivity contribution in [2.24, 2.45) is 5.92 Å². The highest BCUT2D eigenvalue weighted by molar-refractivity contribution is 5.94. The van der Waals surface area contributed by atoms with Crippen LogP contribution in [-0.4, -0.2) is 73.9 Å². The van der Waals surface area contributed by atoms with Gasteiger partial charge < -0.3 is 25.0 Å². The van der Waals surface area contributed by atoms with Crippen molar-refractivity contribution < 1.29 is 29.6 Å². The number of likely N-dealkylation sites (tertiary alicyclic amines) is 1. The van der Waals surface area contributed by atoms with E-state index in [4.69, 9.17) is 4.74 Å². The molecule has 212 valence electrons. The number of rotatable bonds is 11. The topological polar surface area (TPSA) is 128 Å². The van der Waals surface area contributed by atoms with Gasteiger partial charge in [-0.15, -0.1) is 0 Å². The molecule has 0 radical (unpaired) electrons. The third-order valence-corrected chi connectivity index (χ3v) is 8.09. The van der Waals surface area contributed by atoms with Crippen LogP contribution in [0.25, 0.3) is 0 Å². The highest BCUT2D eigenvalue weighted by Gasteiger charge is 2.47. The van der Waals surface area contributed by atoms with Gasteiger partial charge in [-0.2, -0.15) is 0 Å². The van der Waals surface area contributed by atoms with Crippen LogP contribution in [-0.2, 0) is 22.6 Å². The van der Waals surface area contributed by atoms with Gasteiger partial charge in [-0.25, -0.2) is 0 Å². The molecule has 0 spiro atoms. The lowest BCUT2D eigenvalue weighted by Gasteiger charge is -2.30. The number of hydrogen-bond donors (Lipinski definition) is 3.